The van der Waals surface area contributed by atoms with Crippen molar-refractivity contribution in [1.29, 1.82) is 0 Å². The fraction of sp³-hybridized carbons (Fsp3) is 0.250. The minimum Gasteiger partial charge on any atom is -0.355 e. The molecule has 1 aromatic heterocycles. The Balaban J connectivity index is 2.33. The third-order valence-electron chi connectivity index (χ3n) is 2.60. The maximum Gasteiger partial charge on any atom is 0.326 e. The van der Waals surface area contributed by atoms with E-state index in [-0.39, 0.29) is 11.6 Å². The second-order valence-electron chi connectivity index (χ2n) is 3.88. The first-order valence-corrected chi connectivity index (χ1v) is 5.46. The van der Waals surface area contributed by atoms with Crippen LogP contribution in [0.1, 0.15) is 6.92 Å². The van der Waals surface area contributed by atoms with Gasteiger partial charge in [-0.3, -0.25) is 9.36 Å². The van der Waals surface area contributed by atoms with Crippen molar-refractivity contribution in [2.75, 3.05) is 6.54 Å². The first-order valence-electron chi connectivity index (χ1n) is 5.46. The molecular formula is C12H12N4O2. The highest BCUT2D eigenvalue weighted by atomic mass is 16.2. The van der Waals surface area contributed by atoms with E-state index in [9.17, 15) is 9.59 Å². The molecule has 0 fully saturated rings. The van der Waals surface area contributed by atoms with Crippen molar-refractivity contribution in [1.82, 2.24) is 14.9 Å². The van der Waals surface area contributed by atoms with Crippen LogP contribution >= 0.6 is 0 Å². The lowest BCUT2D eigenvalue weighted by Gasteiger charge is -2.03. The fourth-order valence-corrected chi connectivity index (χ4v) is 1.79. The molecule has 2 N–H and O–H groups in total. The average Bonchev–Trinajstić information content (AvgIpc) is 2.64. The van der Waals surface area contributed by atoms with Crippen molar-refractivity contribution >= 4 is 22.6 Å². The van der Waals surface area contributed by atoms with E-state index < -0.39 is 0 Å². The summed E-state index contributed by atoms with van der Waals surface area (Å²) in [6, 6.07) is 5.03. The second-order valence-corrected chi connectivity index (χ2v) is 3.88. The van der Waals surface area contributed by atoms with Gasteiger partial charge in [-0.15, -0.1) is 0 Å². The second kappa shape index (κ2) is 4.75. The number of benzene rings is 1. The Morgan fingerprint density at radius 3 is 3.00 bits per heavy atom. The van der Waals surface area contributed by atoms with Crippen molar-refractivity contribution in [2.24, 2.45) is 0 Å². The highest BCUT2D eigenvalue weighted by Gasteiger charge is 2.06. The molecule has 0 saturated carbocycles. The topological polar surface area (TPSA) is 71.2 Å². The van der Waals surface area contributed by atoms with Gasteiger partial charge in [0.1, 0.15) is 0 Å². The van der Waals surface area contributed by atoms with Gasteiger partial charge >= 0.3 is 5.69 Å². The zero-order chi connectivity index (χ0) is 13.1. The van der Waals surface area contributed by atoms with Gasteiger partial charge in [-0.2, -0.15) is 0 Å². The lowest BCUT2D eigenvalue weighted by Crippen LogP contribution is -2.28. The van der Waals surface area contributed by atoms with Crippen LogP contribution < -0.4 is 11.0 Å². The Bertz CT molecular complexity index is 690. The van der Waals surface area contributed by atoms with Gasteiger partial charge in [-0.1, -0.05) is 6.07 Å². The summed E-state index contributed by atoms with van der Waals surface area (Å²) in [5, 5.41) is 2.64. The number of carbonyl (C=O) groups is 1. The van der Waals surface area contributed by atoms with Crippen LogP contribution in [0.15, 0.2) is 23.0 Å². The summed E-state index contributed by atoms with van der Waals surface area (Å²) >= 11 is 0. The van der Waals surface area contributed by atoms with E-state index in [0.717, 1.165) is 5.52 Å². The van der Waals surface area contributed by atoms with Crippen LogP contribution in [-0.4, -0.2) is 22.0 Å². The van der Waals surface area contributed by atoms with Crippen LogP contribution in [0.25, 0.3) is 15.9 Å². The summed E-state index contributed by atoms with van der Waals surface area (Å²) in [6.07, 6.45) is 0. The van der Waals surface area contributed by atoms with E-state index in [1.165, 1.54) is 6.92 Å². The monoisotopic (exact) mass is 244 g/mol. The summed E-state index contributed by atoms with van der Waals surface area (Å²) in [6.45, 7) is 9.14. The van der Waals surface area contributed by atoms with Crippen LogP contribution in [0.2, 0.25) is 0 Å². The number of aromatic nitrogens is 2. The first kappa shape index (κ1) is 11.9. The van der Waals surface area contributed by atoms with Crippen molar-refractivity contribution in [3.8, 4) is 0 Å². The lowest BCUT2D eigenvalue weighted by atomic mass is 10.3. The zero-order valence-corrected chi connectivity index (χ0v) is 9.86. The molecule has 1 heterocycles. The summed E-state index contributed by atoms with van der Waals surface area (Å²) in [4.78, 5) is 28.5. The summed E-state index contributed by atoms with van der Waals surface area (Å²) in [7, 11) is 0. The predicted octanol–water partition coefficient (Wildman–Crippen LogP) is 1.02. The molecule has 6 heteroatoms. The van der Waals surface area contributed by atoms with Crippen LogP contribution in [0.3, 0.4) is 0 Å². The van der Waals surface area contributed by atoms with Gasteiger partial charge in [0.25, 0.3) is 0 Å². The van der Waals surface area contributed by atoms with E-state index in [2.05, 4.69) is 15.1 Å². The Hall–Kier alpha value is -2.55. The molecule has 0 unspecified atom stereocenters. The van der Waals surface area contributed by atoms with Gasteiger partial charge < -0.3 is 10.3 Å². The molecule has 0 spiro atoms. The van der Waals surface area contributed by atoms with Crippen molar-refractivity contribution in [2.45, 2.75) is 13.5 Å². The van der Waals surface area contributed by atoms with Gasteiger partial charge in [0, 0.05) is 20.0 Å². The van der Waals surface area contributed by atoms with Crippen LogP contribution in [0, 0.1) is 6.57 Å². The van der Waals surface area contributed by atoms with Crippen molar-refractivity contribution < 1.29 is 4.79 Å². The number of hydrogen-bond acceptors (Lipinski definition) is 2. The molecule has 1 amide bonds. The van der Waals surface area contributed by atoms with Gasteiger partial charge in [-0.25, -0.2) is 9.64 Å². The number of hydrogen-bond donors (Lipinski definition) is 2. The number of imidazole rings is 1. The molecule has 0 aliphatic heterocycles. The number of amides is 1. The summed E-state index contributed by atoms with van der Waals surface area (Å²) < 4.78 is 1.54. The maximum absolute atomic E-state index is 11.7. The Morgan fingerprint density at radius 1 is 1.56 bits per heavy atom. The van der Waals surface area contributed by atoms with E-state index >= 15 is 0 Å². The Labute approximate surface area is 103 Å². The van der Waals surface area contributed by atoms with Crippen LogP contribution in [0.5, 0.6) is 0 Å². The minimum atomic E-state index is -0.238. The normalized spacial score (nSPS) is 10.2. The number of H-pyrrole nitrogens is 1. The third kappa shape index (κ3) is 2.25. The standard InChI is InChI=1S/C12H12N4O2/c1-8(17)14-5-6-16-11-4-3-9(13-2)7-10(11)15-12(16)18/h3-4,7H,5-6H2,1H3,(H,14,17)(H,15,18). The number of fused-ring (bicyclic) bond motifs is 1. The first-order chi connectivity index (χ1) is 8.61. The molecule has 0 atom stereocenters. The molecule has 0 aliphatic rings. The lowest BCUT2D eigenvalue weighted by molar-refractivity contribution is -0.118. The zero-order valence-electron chi connectivity index (χ0n) is 9.86. The maximum atomic E-state index is 11.7. The SMILES string of the molecule is [C-]#[N+]c1ccc2c(c1)[nH]c(=O)n2CCNC(C)=O. The Morgan fingerprint density at radius 2 is 2.33 bits per heavy atom. The molecule has 18 heavy (non-hydrogen) atoms. The predicted molar refractivity (Wildman–Crippen MR) is 67.5 cm³/mol. The number of rotatable bonds is 3. The largest absolute Gasteiger partial charge is 0.355 e. The van der Waals surface area contributed by atoms with Crippen molar-refractivity contribution in [3.05, 3.63) is 40.1 Å². The molecular weight excluding hydrogens is 232 g/mol. The Kier molecular flexibility index (Phi) is 3.15. The molecule has 0 aliphatic carbocycles. The van der Waals surface area contributed by atoms with E-state index in [1.54, 1.807) is 22.8 Å². The smallest absolute Gasteiger partial charge is 0.326 e. The summed E-state index contributed by atoms with van der Waals surface area (Å²) in [5.74, 6) is -0.127. The molecule has 0 bridgehead atoms. The van der Waals surface area contributed by atoms with Crippen LogP contribution in [0.4, 0.5) is 5.69 Å². The highest BCUT2D eigenvalue weighted by molar-refractivity contribution is 5.79. The molecule has 0 radical (unpaired) electrons. The molecule has 0 saturated heterocycles. The fourth-order valence-electron chi connectivity index (χ4n) is 1.79. The average molecular weight is 244 g/mol. The molecule has 2 rings (SSSR count). The van der Waals surface area contributed by atoms with Gasteiger partial charge in [0.2, 0.25) is 5.91 Å². The number of aromatic amines is 1. The van der Waals surface area contributed by atoms with Crippen LogP contribution in [-0.2, 0) is 11.3 Å². The molecule has 2 aromatic rings. The van der Waals surface area contributed by atoms with E-state index in [0.29, 0.717) is 24.3 Å². The summed E-state index contributed by atoms with van der Waals surface area (Å²) in [5.41, 5.74) is 1.62. The van der Waals surface area contributed by atoms with Crippen molar-refractivity contribution in [3.63, 3.8) is 0 Å². The molecule has 6 nitrogen and oxygen atoms in total. The molecule has 92 valence electrons. The van der Waals surface area contributed by atoms with Gasteiger partial charge in [0.05, 0.1) is 17.6 Å². The third-order valence-corrected chi connectivity index (χ3v) is 2.60. The highest BCUT2D eigenvalue weighted by Crippen LogP contribution is 2.18. The minimum absolute atomic E-state index is 0.127. The van der Waals surface area contributed by atoms with E-state index in [1.807, 2.05) is 0 Å². The number of carbonyl (C=O) groups excluding carboxylic acids is 1. The quantitative estimate of drug-likeness (QED) is 0.791. The number of nitrogens with one attached hydrogen (secondary N) is 2. The molecule has 1 aromatic carbocycles. The van der Waals surface area contributed by atoms with Gasteiger partial charge in [0.15, 0.2) is 5.69 Å². The van der Waals surface area contributed by atoms with Gasteiger partial charge in [-0.05, 0) is 12.1 Å². The number of nitrogens with zero attached hydrogens (tertiary/aromatic N) is 2. The van der Waals surface area contributed by atoms with E-state index in [4.69, 9.17) is 6.57 Å².